The number of thioether (sulfide) groups is 1. The van der Waals surface area contributed by atoms with Gasteiger partial charge in [0.2, 0.25) is 11.8 Å². The topological polar surface area (TPSA) is 85.5 Å². The first kappa shape index (κ1) is 16.4. The van der Waals surface area contributed by atoms with E-state index in [0.29, 0.717) is 11.6 Å². The second-order valence-electron chi connectivity index (χ2n) is 5.30. The van der Waals surface area contributed by atoms with Crippen LogP contribution < -0.4 is 26.4 Å². The van der Waals surface area contributed by atoms with Gasteiger partial charge in [0.15, 0.2) is 0 Å². The van der Waals surface area contributed by atoms with Gasteiger partial charge in [-0.3, -0.25) is 19.9 Å². The van der Waals surface area contributed by atoms with Gasteiger partial charge in [0.1, 0.15) is 11.7 Å². The second kappa shape index (κ2) is 6.96. The first-order chi connectivity index (χ1) is 11.1. The summed E-state index contributed by atoms with van der Waals surface area (Å²) in [6.45, 7) is 0.555. The molecule has 4 N–H and O–H groups in total. The fraction of sp³-hybridized carbons (Fsp3) is 0.429. The van der Waals surface area contributed by atoms with Gasteiger partial charge in [0, 0.05) is 18.6 Å². The third kappa shape index (κ3) is 3.55. The quantitative estimate of drug-likeness (QED) is 0.612. The van der Waals surface area contributed by atoms with Crippen molar-refractivity contribution < 1.29 is 9.59 Å². The molecular weight excluding hydrogens is 338 g/mol. The van der Waals surface area contributed by atoms with Crippen molar-refractivity contribution in [3.8, 4) is 0 Å². The number of nitrogens with one attached hydrogen (secondary N) is 4. The molecule has 0 radical (unpaired) electrons. The molecule has 2 saturated heterocycles. The summed E-state index contributed by atoms with van der Waals surface area (Å²) in [6.07, 6.45) is -0.174. The van der Waals surface area contributed by atoms with E-state index in [-0.39, 0.29) is 35.1 Å². The highest BCUT2D eigenvalue weighted by Crippen LogP contribution is 2.27. The smallest absolute Gasteiger partial charge is 0.229 e. The van der Waals surface area contributed by atoms with Gasteiger partial charge < -0.3 is 10.6 Å². The van der Waals surface area contributed by atoms with Crippen molar-refractivity contribution in [1.82, 2.24) is 21.4 Å². The molecule has 0 aliphatic carbocycles. The highest BCUT2D eigenvalue weighted by Gasteiger charge is 2.44. The van der Waals surface area contributed by atoms with Crippen LogP contribution in [0.4, 0.5) is 5.69 Å². The van der Waals surface area contributed by atoms with Gasteiger partial charge in [-0.05, 0) is 24.3 Å². The van der Waals surface area contributed by atoms with E-state index in [4.69, 9.17) is 11.6 Å². The number of hydrogen-bond acceptors (Lipinski definition) is 6. The molecule has 3 rings (SSSR count). The minimum atomic E-state index is -0.309. The fourth-order valence-electron chi connectivity index (χ4n) is 2.62. The van der Waals surface area contributed by atoms with E-state index < -0.39 is 0 Å². The molecule has 0 bridgehead atoms. The fourth-order valence-corrected chi connectivity index (χ4v) is 3.64. The molecule has 2 amide bonds. The van der Waals surface area contributed by atoms with E-state index in [9.17, 15) is 9.59 Å². The molecule has 2 heterocycles. The molecule has 0 saturated carbocycles. The molecule has 0 aromatic heterocycles. The van der Waals surface area contributed by atoms with Gasteiger partial charge in [-0.25, -0.2) is 5.43 Å². The average molecular weight is 356 g/mol. The largest absolute Gasteiger partial charge is 0.358 e. The number of rotatable bonds is 4. The lowest BCUT2D eigenvalue weighted by atomic mass is 10.1. The molecule has 0 spiro atoms. The lowest BCUT2D eigenvalue weighted by Gasteiger charge is -2.37. The standard InChI is InChI=1S/C14H18ClN5O2S/c1-16-11(21)7-23-14-18-12-10(13(22)19-14)6-17-20(12)9-4-2-8(15)3-5-9/h2-5,10,12,14,17-18H,6-7H2,1H3,(H,16,21)(H,19,22). The Bertz CT molecular complexity index is 599. The number of fused-ring (bicyclic) bond motifs is 1. The maximum absolute atomic E-state index is 12.3. The molecule has 2 fully saturated rings. The van der Waals surface area contributed by atoms with Gasteiger partial charge in [-0.1, -0.05) is 11.6 Å². The number of amides is 2. The monoisotopic (exact) mass is 355 g/mol. The molecule has 3 atom stereocenters. The Labute approximate surface area is 143 Å². The van der Waals surface area contributed by atoms with Crippen LogP contribution in [0.2, 0.25) is 5.02 Å². The van der Waals surface area contributed by atoms with Gasteiger partial charge >= 0.3 is 0 Å². The minimum Gasteiger partial charge on any atom is -0.358 e. The number of anilines is 1. The van der Waals surface area contributed by atoms with E-state index in [1.54, 1.807) is 7.05 Å². The molecule has 7 nitrogen and oxygen atoms in total. The lowest BCUT2D eigenvalue weighted by Crippen LogP contribution is -2.63. The number of carbonyl (C=O) groups is 2. The van der Waals surface area contributed by atoms with Gasteiger partial charge in [0.05, 0.1) is 17.4 Å². The Morgan fingerprint density at radius 1 is 1.43 bits per heavy atom. The molecule has 2 aliphatic heterocycles. The number of benzene rings is 1. The summed E-state index contributed by atoms with van der Waals surface area (Å²) < 4.78 is 0. The van der Waals surface area contributed by atoms with Crippen molar-refractivity contribution in [3.05, 3.63) is 29.3 Å². The molecule has 23 heavy (non-hydrogen) atoms. The van der Waals surface area contributed by atoms with E-state index >= 15 is 0 Å². The molecule has 1 aromatic carbocycles. The van der Waals surface area contributed by atoms with Gasteiger partial charge in [0.25, 0.3) is 0 Å². The Balaban J connectivity index is 1.70. The normalized spacial score (nSPS) is 26.6. The lowest BCUT2D eigenvalue weighted by molar-refractivity contribution is -0.127. The molecule has 124 valence electrons. The van der Waals surface area contributed by atoms with Crippen LogP contribution in [-0.4, -0.2) is 42.8 Å². The maximum Gasteiger partial charge on any atom is 0.229 e. The maximum atomic E-state index is 12.3. The van der Waals surface area contributed by atoms with Crippen molar-refractivity contribution in [2.75, 3.05) is 24.4 Å². The highest BCUT2D eigenvalue weighted by molar-refractivity contribution is 8.00. The molecule has 2 aliphatic rings. The Kier molecular flexibility index (Phi) is 4.96. The molecule has 9 heteroatoms. The molecule has 1 aromatic rings. The van der Waals surface area contributed by atoms with Crippen molar-refractivity contribution in [3.63, 3.8) is 0 Å². The minimum absolute atomic E-state index is 0.0212. The zero-order valence-electron chi connectivity index (χ0n) is 12.5. The molecular formula is C14H18ClN5O2S. The van der Waals surface area contributed by atoms with Crippen molar-refractivity contribution >= 4 is 40.9 Å². The van der Waals surface area contributed by atoms with Gasteiger partial charge in [-0.2, -0.15) is 0 Å². The van der Waals surface area contributed by atoms with Crippen LogP contribution in [0.3, 0.4) is 0 Å². The van der Waals surface area contributed by atoms with Crippen LogP contribution in [0.5, 0.6) is 0 Å². The average Bonchev–Trinajstić information content (AvgIpc) is 2.98. The number of carbonyl (C=O) groups excluding carboxylic acids is 2. The van der Waals surface area contributed by atoms with Crippen molar-refractivity contribution in [1.29, 1.82) is 0 Å². The number of hydrazine groups is 1. The van der Waals surface area contributed by atoms with Crippen LogP contribution in [0, 0.1) is 5.92 Å². The van der Waals surface area contributed by atoms with Crippen LogP contribution >= 0.6 is 23.4 Å². The first-order valence-electron chi connectivity index (χ1n) is 7.25. The summed E-state index contributed by atoms with van der Waals surface area (Å²) >= 11 is 7.28. The number of hydrogen-bond donors (Lipinski definition) is 4. The van der Waals surface area contributed by atoms with Gasteiger partial charge in [-0.15, -0.1) is 11.8 Å². The summed E-state index contributed by atoms with van der Waals surface area (Å²) in [4.78, 5) is 23.7. The molecule has 3 unspecified atom stereocenters. The Morgan fingerprint density at radius 3 is 2.87 bits per heavy atom. The summed E-state index contributed by atoms with van der Waals surface area (Å²) in [5.41, 5.74) is 3.86. The third-order valence-corrected chi connectivity index (χ3v) is 5.11. The first-order valence-corrected chi connectivity index (χ1v) is 8.68. The Hall–Kier alpha value is -1.48. The predicted molar refractivity (Wildman–Crippen MR) is 90.8 cm³/mol. The zero-order chi connectivity index (χ0) is 16.4. The number of halogens is 1. The van der Waals surface area contributed by atoms with Crippen molar-refractivity contribution in [2.24, 2.45) is 5.92 Å². The van der Waals surface area contributed by atoms with Crippen LogP contribution in [0.25, 0.3) is 0 Å². The zero-order valence-corrected chi connectivity index (χ0v) is 14.1. The summed E-state index contributed by atoms with van der Waals surface area (Å²) in [5.74, 6) is -0.0119. The summed E-state index contributed by atoms with van der Waals surface area (Å²) in [6, 6.07) is 7.43. The van der Waals surface area contributed by atoms with E-state index in [0.717, 1.165) is 5.69 Å². The van der Waals surface area contributed by atoms with E-state index in [1.807, 2.05) is 29.3 Å². The van der Waals surface area contributed by atoms with Crippen LogP contribution in [0.15, 0.2) is 24.3 Å². The predicted octanol–water partition coefficient (Wildman–Crippen LogP) is 0.0891. The summed E-state index contributed by atoms with van der Waals surface area (Å²) in [7, 11) is 1.59. The van der Waals surface area contributed by atoms with Crippen LogP contribution in [-0.2, 0) is 9.59 Å². The number of nitrogens with zero attached hydrogens (tertiary/aromatic N) is 1. The second-order valence-corrected chi connectivity index (χ2v) is 6.83. The van der Waals surface area contributed by atoms with Crippen molar-refractivity contribution in [2.45, 2.75) is 11.7 Å². The van der Waals surface area contributed by atoms with Crippen LogP contribution in [0.1, 0.15) is 0 Å². The summed E-state index contributed by atoms with van der Waals surface area (Å²) in [5, 5.41) is 11.4. The SMILES string of the molecule is CNC(=O)CSC1NC(=O)C2CNN(c3ccc(Cl)cc3)C2N1. The highest BCUT2D eigenvalue weighted by atomic mass is 35.5. The van der Waals surface area contributed by atoms with E-state index in [1.165, 1.54) is 11.8 Å². The third-order valence-electron chi connectivity index (χ3n) is 3.84. The Morgan fingerprint density at radius 2 is 2.17 bits per heavy atom. The van der Waals surface area contributed by atoms with E-state index in [2.05, 4.69) is 21.4 Å².